The van der Waals surface area contributed by atoms with Gasteiger partial charge in [-0.05, 0) is 55.5 Å². The number of nitriles is 1. The number of rotatable bonds is 5. The van der Waals surface area contributed by atoms with Crippen molar-refractivity contribution in [3.05, 3.63) is 63.7 Å². The molecule has 1 fully saturated rings. The standard InChI is InChI=1S/C21H20BrClN4O/c1-2-3-14-8-10-27(11-9-14)18-12-16(22)5-6-17(18)21(28)26-19-7-4-15(13-24)20(23)25-19/h2,4-7,12,14H,1,3,8-11H2,(H,25,26,28). The Balaban J connectivity index is 1.80. The highest BCUT2D eigenvalue weighted by Crippen LogP contribution is 2.31. The SMILES string of the molecule is C=CCC1CCN(c2cc(Br)ccc2C(=O)Nc2ccc(C#N)c(Cl)n2)CC1. The van der Waals surface area contributed by atoms with E-state index in [0.717, 1.165) is 42.5 Å². The Hall–Kier alpha value is -2.36. The maximum absolute atomic E-state index is 12.9. The normalized spacial score (nSPS) is 14.4. The summed E-state index contributed by atoms with van der Waals surface area (Å²) in [6.45, 7) is 5.63. The van der Waals surface area contributed by atoms with Gasteiger partial charge in [0.1, 0.15) is 17.0 Å². The summed E-state index contributed by atoms with van der Waals surface area (Å²) < 4.78 is 0.923. The number of nitrogens with one attached hydrogen (secondary N) is 1. The summed E-state index contributed by atoms with van der Waals surface area (Å²) in [5.41, 5.74) is 1.74. The van der Waals surface area contributed by atoms with E-state index in [1.54, 1.807) is 12.1 Å². The van der Waals surface area contributed by atoms with E-state index >= 15 is 0 Å². The van der Waals surface area contributed by atoms with Crippen LogP contribution in [0.5, 0.6) is 0 Å². The van der Waals surface area contributed by atoms with Crippen LogP contribution in [0.4, 0.5) is 11.5 Å². The molecule has 1 saturated heterocycles. The van der Waals surface area contributed by atoms with Gasteiger partial charge in [0.05, 0.1) is 16.8 Å². The molecule has 1 aromatic heterocycles. The summed E-state index contributed by atoms with van der Waals surface area (Å²) in [6.07, 6.45) is 5.16. The molecular weight excluding hydrogens is 440 g/mol. The van der Waals surface area contributed by atoms with Gasteiger partial charge in [-0.25, -0.2) is 4.98 Å². The molecule has 1 aliphatic heterocycles. The molecular formula is C21H20BrClN4O. The third-order valence-electron chi connectivity index (χ3n) is 4.87. The van der Waals surface area contributed by atoms with Crippen LogP contribution >= 0.6 is 27.5 Å². The zero-order valence-corrected chi connectivity index (χ0v) is 17.6. The summed E-state index contributed by atoms with van der Waals surface area (Å²) >= 11 is 9.47. The van der Waals surface area contributed by atoms with Gasteiger partial charge < -0.3 is 10.2 Å². The zero-order chi connectivity index (χ0) is 20.1. The van der Waals surface area contributed by atoms with Gasteiger partial charge in [0.15, 0.2) is 0 Å². The van der Waals surface area contributed by atoms with Crippen molar-refractivity contribution < 1.29 is 4.79 Å². The van der Waals surface area contributed by atoms with Crippen LogP contribution in [0.25, 0.3) is 0 Å². The molecule has 2 aromatic rings. The monoisotopic (exact) mass is 458 g/mol. The van der Waals surface area contributed by atoms with E-state index in [0.29, 0.717) is 17.3 Å². The summed E-state index contributed by atoms with van der Waals surface area (Å²) in [6, 6.07) is 10.7. The molecule has 28 heavy (non-hydrogen) atoms. The number of amides is 1. The highest BCUT2D eigenvalue weighted by atomic mass is 79.9. The molecule has 7 heteroatoms. The lowest BCUT2D eigenvalue weighted by Gasteiger charge is -2.34. The van der Waals surface area contributed by atoms with Crippen molar-refractivity contribution in [1.82, 2.24) is 4.98 Å². The lowest BCUT2D eigenvalue weighted by molar-refractivity contribution is 0.102. The Morgan fingerprint density at radius 1 is 1.39 bits per heavy atom. The average molecular weight is 460 g/mol. The molecule has 0 unspecified atom stereocenters. The minimum absolute atomic E-state index is 0.0700. The minimum atomic E-state index is -0.260. The highest BCUT2D eigenvalue weighted by Gasteiger charge is 2.23. The van der Waals surface area contributed by atoms with Crippen LogP contribution in [-0.2, 0) is 0 Å². The van der Waals surface area contributed by atoms with E-state index < -0.39 is 0 Å². The molecule has 5 nitrogen and oxygen atoms in total. The van der Waals surface area contributed by atoms with E-state index in [2.05, 4.69) is 37.7 Å². The Kier molecular flexibility index (Phi) is 6.71. The largest absolute Gasteiger partial charge is 0.371 e. The van der Waals surface area contributed by atoms with Crippen molar-refractivity contribution in [2.24, 2.45) is 5.92 Å². The van der Waals surface area contributed by atoms with Crippen LogP contribution < -0.4 is 10.2 Å². The van der Waals surface area contributed by atoms with Crippen molar-refractivity contribution in [2.45, 2.75) is 19.3 Å². The van der Waals surface area contributed by atoms with Gasteiger partial charge in [-0.3, -0.25) is 4.79 Å². The van der Waals surface area contributed by atoms with Crippen molar-refractivity contribution in [3.63, 3.8) is 0 Å². The summed E-state index contributed by atoms with van der Waals surface area (Å²) in [4.78, 5) is 19.2. The highest BCUT2D eigenvalue weighted by molar-refractivity contribution is 9.10. The number of aromatic nitrogens is 1. The quantitative estimate of drug-likeness (QED) is 0.479. The molecule has 1 amide bonds. The number of hydrogen-bond donors (Lipinski definition) is 1. The van der Waals surface area contributed by atoms with Gasteiger partial charge in [-0.2, -0.15) is 5.26 Å². The smallest absolute Gasteiger partial charge is 0.258 e. The third-order valence-corrected chi connectivity index (χ3v) is 5.65. The molecule has 2 heterocycles. The number of pyridine rings is 1. The number of allylic oxidation sites excluding steroid dienone is 1. The summed E-state index contributed by atoms with van der Waals surface area (Å²) in [5.74, 6) is 0.708. The number of carbonyl (C=O) groups is 1. The van der Waals surface area contributed by atoms with Gasteiger partial charge in [0.2, 0.25) is 0 Å². The minimum Gasteiger partial charge on any atom is -0.371 e. The summed E-state index contributed by atoms with van der Waals surface area (Å²) in [7, 11) is 0. The molecule has 0 saturated carbocycles. The molecule has 1 aliphatic rings. The fraction of sp³-hybridized carbons (Fsp3) is 0.286. The lowest BCUT2D eigenvalue weighted by atomic mass is 9.93. The first-order valence-corrected chi connectivity index (χ1v) is 10.2. The molecule has 1 aromatic carbocycles. The Morgan fingerprint density at radius 2 is 2.14 bits per heavy atom. The first kappa shape index (κ1) is 20.4. The van der Waals surface area contributed by atoms with Crippen molar-refractivity contribution in [1.29, 1.82) is 5.26 Å². The molecule has 0 aliphatic carbocycles. The molecule has 0 radical (unpaired) electrons. The fourth-order valence-corrected chi connectivity index (χ4v) is 3.92. The molecule has 144 valence electrons. The fourth-order valence-electron chi connectivity index (χ4n) is 3.37. The van der Waals surface area contributed by atoms with Gasteiger partial charge >= 0.3 is 0 Å². The first-order chi connectivity index (χ1) is 13.5. The number of piperidine rings is 1. The van der Waals surface area contributed by atoms with E-state index in [1.807, 2.05) is 24.3 Å². The van der Waals surface area contributed by atoms with Gasteiger partial charge in [0.25, 0.3) is 5.91 Å². The maximum atomic E-state index is 12.9. The maximum Gasteiger partial charge on any atom is 0.258 e. The number of anilines is 2. The molecule has 0 atom stereocenters. The number of benzene rings is 1. The number of halogens is 2. The lowest BCUT2D eigenvalue weighted by Crippen LogP contribution is -2.35. The van der Waals surface area contributed by atoms with E-state index in [4.69, 9.17) is 16.9 Å². The molecule has 3 rings (SSSR count). The van der Waals surface area contributed by atoms with Crippen LogP contribution in [0.3, 0.4) is 0 Å². The van der Waals surface area contributed by atoms with Crippen LogP contribution in [-0.4, -0.2) is 24.0 Å². The molecule has 1 N–H and O–H groups in total. The predicted octanol–water partition coefficient (Wildman–Crippen LogP) is 5.41. The number of carbonyl (C=O) groups excluding carboxylic acids is 1. The van der Waals surface area contributed by atoms with E-state index in [-0.39, 0.29) is 16.6 Å². The van der Waals surface area contributed by atoms with Crippen LogP contribution in [0.2, 0.25) is 5.15 Å². The van der Waals surface area contributed by atoms with Crippen LogP contribution in [0.15, 0.2) is 47.5 Å². The second-order valence-electron chi connectivity index (χ2n) is 6.72. The second-order valence-corrected chi connectivity index (χ2v) is 7.99. The van der Waals surface area contributed by atoms with Gasteiger partial charge in [-0.1, -0.05) is 33.6 Å². The van der Waals surface area contributed by atoms with E-state index in [1.165, 1.54) is 6.07 Å². The van der Waals surface area contributed by atoms with E-state index in [9.17, 15) is 4.79 Å². The van der Waals surface area contributed by atoms with Crippen LogP contribution in [0.1, 0.15) is 35.2 Å². The number of nitrogens with zero attached hydrogens (tertiary/aromatic N) is 3. The summed E-state index contributed by atoms with van der Waals surface area (Å²) in [5, 5.41) is 11.8. The molecule has 0 spiro atoms. The van der Waals surface area contributed by atoms with Crippen molar-refractivity contribution in [3.8, 4) is 6.07 Å². The van der Waals surface area contributed by atoms with Gasteiger partial charge in [0, 0.05) is 17.6 Å². The predicted molar refractivity (Wildman–Crippen MR) is 116 cm³/mol. The molecule has 0 bridgehead atoms. The number of hydrogen-bond acceptors (Lipinski definition) is 4. The Labute approximate surface area is 178 Å². The average Bonchev–Trinajstić information content (AvgIpc) is 2.69. The Morgan fingerprint density at radius 3 is 2.79 bits per heavy atom. The van der Waals surface area contributed by atoms with Crippen LogP contribution in [0, 0.1) is 17.2 Å². The Bertz CT molecular complexity index is 932. The van der Waals surface area contributed by atoms with Crippen molar-refractivity contribution in [2.75, 3.05) is 23.3 Å². The topological polar surface area (TPSA) is 69.0 Å². The second kappa shape index (κ2) is 9.22. The third kappa shape index (κ3) is 4.73. The van der Waals surface area contributed by atoms with Gasteiger partial charge in [-0.15, -0.1) is 6.58 Å². The van der Waals surface area contributed by atoms with Crippen molar-refractivity contribution >= 4 is 44.9 Å². The first-order valence-electron chi connectivity index (χ1n) is 9.05. The zero-order valence-electron chi connectivity index (χ0n) is 15.3.